The van der Waals surface area contributed by atoms with E-state index in [1.165, 1.54) is 7.11 Å². The molecule has 0 aliphatic rings. The van der Waals surface area contributed by atoms with E-state index in [2.05, 4.69) is 23.9 Å². The van der Waals surface area contributed by atoms with Crippen molar-refractivity contribution < 1.29 is 9.53 Å². The van der Waals surface area contributed by atoms with Gasteiger partial charge in [0.2, 0.25) is 0 Å². The summed E-state index contributed by atoms with van der Waals surface area (Å²) in [5.74, 6) is 0.449. The largest absolute Gasteiger partial charge is 0.468 e. The first-order valence-electron chi connectivity index (χ1n) is 4.96. The van der Waals surface area contributed by atoms with Crippen molar-refractivity contribution in [2.24, 2.45) is 5.92 Å². The minimum atomic E-state index is -0.161. The predicted octanol–water partition coefficient (Wildman–Crippen LogP) is 1.57. The maximum absolute atomic E-state index is 11.2. The molecular weight excluding hydrogens is 166 g/mol. The molecule has 0 aromatic rings. The number of rotatable bonds is 6. The van der Waals surface area contributed by atoms with Gasteiger partial charge in [0.25, 0.3) is 0 Å². The van der Waals surface area contributed by atoms with E-state index in [1.54, 1.807) is 0 Å². The van der Waals surface area contributed by atoms with Gasteiger partial charge in [-0.05, 0) is 18.9 Å². The average Bonchev–Trinajstić information content (AvgIpc) is 2.17. The zero-order valence-corrected chi connectivity index (χ0v) is 9.09. The molecule has 1 N–H and O–H groups in total. The molecule has 0 radical (unpaired) electrons. The van der Waals surface area contributed by atoms with Gasteiger partial charge in [-0.15, -0.1) is 0 Å². The number of esters is 1. The van der Waals surface area contributed by atoms with Gasteiger partial charge in [-0.1, -0.05) is 27.2 Å². The zero-order chi connectivity index (χ0) is 10.3. The van der Waals surface area contributed by atoms with Crippen LogP contribution in [0.1, 0.15) is 33.6 Å². The molecule has 0 rings (SSSR count). The minimum Gasteiger partial charge on any atom is -0.468 e. The summed E-state index contributed by atoms with van der Waals surface area (Å²) in [4.78, 5) is 11.2. The first-order valence-corrected chi connectivity index (χ1v) is 4.96. The Hall–Kier alpha value is -0.570. The molecule has 78 valence electrons. The fourth-order valence-electron chi connectivity index (χ4n) is 1.02. The molecule has 0 saturated heterocycles. The van der Waals surface area contributed by atoms with Crippen molar-refractivity contribution in [2.45, 2.75) is 39.7 Å². The quantitative estimate of drug-likeness (QED) is 0.641. The van der Waals surface area contributed by atoms with Crippen molar-refractivity contribution in [3.05, 3.63) is 0 Å². The maximum Gasteiger partial charge on any atom is 0.322 e. The Bertz CT molecular complexity index is 148. The average molecular weight is 187 g/mol. The second-order valence-electron chi connectivity index (χ2n) is 3.41. The fourth-order valence-corrected chi connectivity index (χ4v) is 1.02. The first kappa shape index (κ1) is 12.4. The summed E-state index contributed by atoms with van der Waals surface area (Å²) in [7, 11) is 1.43. The number of hydrogen-bond donors (Lipinski definition) is 1. The lowest BCUT2D eigenvalue weighted by atomic mass is 10.1. The molecule has 2 atom stereocenters. The third-order valence-corrected chi connectivity index (χ3v) is 2.30. The second-order valence-corrected chi connectivity index (χ2v) is 3.41. The van der Waals surface area contributed by atoms with Crippen molar-refractivity contribution in [3.63, 3.8) is 0 Å². The van der Waals surface area contributed by atoms with Crippen LogP contribution in [0.2, 0.25) is 0 Å². The van der Waals surface area contributed by atoms with Gasteiger partial charge in [-0.25, -0.2) is 0 Å². The highest BCUT2D eigenvalue weighted by Crippen LogP contribution is 2.00. The molecule has 0 aromatic heterocycles. The smallest absolute Gasteiger partial charge is 0.322 e. The van der Waals surface area contributed by atoms with Gasteiger partial charge in [0, 0.05) is 0 Å². The highest BCUT2D eigenvalue weighted by atomic mass is 16.5. The lowest BCUT2D eigenvalue weighted by Gasteiger charge is -2.16. The summed E-state index contributed by atoms with van der Waals surface area (Å²) >= 11 is 0. The number of hydrogen-bond acceptors (Lipinski definition) is 3. The van der Waals surface area contributed by atoms with Gasteiger partial charge in [-0.3, -0.25) is 4.79 Å². The molecule has 0 heterocycles. The number of carbonyl (C=O) groups excluding carboxylic acids is 1. The van der Waals surface area contributed by atoms with Gasteiger partial charge < -0.3 is 10.1 Å². The van der Waals surface area contributed by atoms with Crippen molar-refractivity contribution >= 4 is 5.97 Å². The van der Waals surface area contributed by atoms with Gasteiger partial charge in [0.1, 0.15) is 6.04 Å². The molecule has 0 bridgehead atoms. The van der Waals surface area contributed by atoms with Crippen LogP contribution in [-0.4, -0.2) is 25.7 Å². The molecule has 0 aromatic carbocycles. The van der Waals surface area contributed by atoms with Crippen LogP contribution < -0.4 is 5.32 Å². The van der Waals surface area contributed by atoms with Crippen LogP contribution in [0.3, 0.4) is 0 Å². The molecular formula is C10H21NO2. The fraction of sp³-hybridized carbons (Fsp3) is 0.900. The number of carbonyl (C=O) groups is 1. The van der Waals surface area contributed by atoms with E-state index < -0.39 is 0 Å². The van der Waals surface area contributed by atoms with Crippen molar-refractivity contribution in [1.29, 1.82) is 0 Å². The maximum atomic E-state index is 11.2. The molecule has 2 unspecified atom stereocenters. The van der Waals surface area contributed by atoms with E-state index in [0.29, 0.717) is 5.92 Å². The molecule has 0 aliphatic heterocycles. The van der Waals surface area contributed by atoms with E-state index in [1.807, 2.05) is 6.92 Å². The van der Waals surface area contributed by atoms with Crippen LogP contribution in [0.4, 0.5) is 0 Å². The lowest BCUT2D eigenvalue weighted by Crippen LogP contribution is -2.39. The topological polar surface area (TPSA) is 38.3 Å². The van der Waals surface area contributed by atoms with E-state index in [-0.39, 0.29) is 12.0 Å². The van der Waals surface area contributed by atoms with Crippen molar-refractivity contribution in [1.82, 2.24) is 5.32 Å². The first-order chi connectivity index (χ1) is 6.15. The molecule has 0 fully saturated rings. The number of nitrogens with one attached hydrogen (secondary N) is 1. The van der Waals surface area contributed by atoms with E-state index in [4.69, 9.17) is 0 Å². The Morgan fingerprint density at radius 3 is 2.38 bits per heavy atom. The summed E-state index contributed by atoms with van der Waals surface area (Å²) in [6, 6.07) is -0.140. The highest BCUT2D eigenvalue weighted by molar-refractivity contribution is 5.75. The third-order valence-electron chi connectivity index (χ3n) is 2.30. The molecule has 0 aliphatic carbocycles. The van der Waals surface area contributed by atoms with Gasteiger partial charge >= 0.3 is 5.97 Å². The summed E-state index contributed by atoms with van der Waals surface area (Å²) in [6.45, 7) is 7.16. The Kier molecular flexibility index (Phi) is 6.59. The van der Waals surface area contributed by atoms with Gasteiger partial charge in [-0.2, -0.15) is 0 Å². The van der Waals surface area contributed by atoms with Crippen LogP contribution in [0.15, 0.2) is 0 Å². The Morgan fingerprint density at radius 1 is 1.38 bits per heavy atom. The molecule has 3 heteroatoms. The van der Waals surface area contributed by atoms with Crippen LogP contribution in [0.5, 0.6) is 0 Å². The second kappa shape index (κ2) is 6.89. The van der Waals surface area contributed by atoms with E-state index in [0.717, 1.165) is 19.4 Å². The molecule has 0 saturated carbocycles. The molecule has 0 spiro atoms. The van der Waals surface area contributed by atoms with Gasteiger partial charge in [0.05, 0.1) is 7.11 Å². The summed E-state index contributed by atoms with van der Waals surface area (Å²) in [5, 5.41) is 3.20. The Labute approximate surface area is 80.8 Å². The number of ether oxygens (including phenoxy) is 1. The Morgan fingerprint density at radius 2 is 2.00 bits per heavy atom. The third kappa shape index (κ3) is 4.88. The summed E-state index contributed by atoms with van der Waals surface area (Å²) < 4.78 is 4.67. The summed E-state index contributed by atoms with van der Waals surface area (Å²) in [6.07, 6.45) is 1.91. The lowest BCUT2D eigenvalue weighted by molar-refractivity contribution is -0.143. The van der Waals surface area contributed by atoms with Crippen molar-refractivity contribution in [2.75, 3.05) is 13.7 Å². The Balaban J connectivity index is 3.78. The van der Waals surface area contributed by atoms with Crippen LogP contribution in [0.25, 0.3) is 0 Å². The SMILES string of the molecule is CCC(C)CNC(CC)C(=O)OC. The normalized spacial score (nSPS) is 15.1. The van der Waals surface area contributed by atoms with E-state index in [9.17, 15) is 4.79 Å². The minimum absolute atomic E-state index is 0.140. The van der Waals surface area contributed by atoms with Crippen LogP contribution in [0, 0.1) is 5.92 Å². The molecule has 0 amide bonds. The van der Waals surface area contributed by atoms with Gasteiger partial charge in [0.15, 0.2) is 0 Å². The van der Waals surface area contributed by atoms with Crippen molar-refractivity contribution in [3.8, 4) is 0 Å². The molecule has 13 heavy (non-hydrogen) atoms. The highest BCUT2D eigenvalue weighted by Gasteiger charge is 2.16. The van der Waals surface area contributed by atoms with Crippen LogP contribution in [-0.2, 0) is 9.53 Å². The number of methoxy groups -OCH3 is 1. The zero-order valence-electron chi connectivity index (χ0n) is 9.09. The van der Waals surface area contributed by atoms with E-state index >= 15 is 0 Å². The predicted molar refractivity (Wildman–Crippen MR) is 53.6 cm³/mol. The summed E-state index contributed by atoms with van der Waals surface area (Å²) in [5.41, 5.74) is 0. The monoisotopic (exact) mass is 187 g/mol. The molecule has 3 nitrogen and oxygen atoms in total. The standard InChI is InChI=1S/C10H21NO2/c1-5-8(3)7-11-9(6-2)10(12)13-4/h8-9,11H,5-7H2,1-4H3. The van der Waals surface area contributed by atoms with Crippen LogP contribution >= 0.6 is 0 Å².